The number of carbonyl (C=O) groups is 1. The van der Waals surface area contributed by atoms with Crippen molar-refractivity contribution < 1.29 is 17.9 Å². The maximum Gasteiger partial charge on any atom is 0.255 e. The van der Waals surface area contributed by atoms with Crippen LogP contribution in [0.5, 0.6) is 11.5 Å². The summed E-state index contributed by atoms with van der Waals surface area (Å²) in [5.74, 6) is 0.730. The Kier molecular flexibility index (Phi) is 5.43. The highest BCUT2D eigenvalue weighted by Crippen LogP contribution is 2.33. The number of sulfone groups is 1. The van der Waals surface area contributed by atoms with Gasteiger partial charge in [0, 0.05) is 4.47 Å². The van der Waals surface area contributed by atoms with Gasteiger partial charge in [0.25, 0.3) is 5.91 Å². The SMILES string of the molecule is O=C(NC1CCS(=O)(=O)c2ccccc21)c1ccccc1Oc1cccc(Br)c1. The number of fused-ring (bicyclic) bond motifs is 1. The number of ether oxygens (including phenoxy) is 1. The van der Waals surface area contributed by atoms with E-state index in [1.165, 1.54) is 0 Å². The number of nitrogens with one attached hydrogen (secondary N) is 1. The van der Waals surface area contributed by atoms with Crippen molar-refractivity contribution in [3.05, 3.63) is 88.4 Å². The lowest BCUT2D eigenvalue weighted by Crippen LogP contribution is -2.34. The summed E-state index contributed by atoms with van der Waals surface area (Å²) in [4.78, 5) is 13.3. The molecule has 0 fully saturated rings. The van der Waals surface area contributed by atoms with Gasteiger partial charge in [-0.15, -0.1) is 0 Å². The highest BCUT2D eigenvalue weighted by atomic mass is 79.9. The second-order valence-electron chi connectivity index (χ2n) is 6.73. The van der Waals surface area contributed by atoms with Crippen LogP contribution in [0.4, 0.5) is 0 Å². The fourth-order valence-corrected chi connectivity index (χ4v) is 5.38. The fraction of sp³-hybridized carbons (Fsp3) is 0.136. The maximum atomic E-state index is 13.0. The summed E-state index contributed by atoms with van der Waals surface area (Å²) in [6.07, 6.45) is 0.333. The van der Waals surface area contributed by atoms with Crippen LogP contribution in [-0.4, -0.2) is 20.1 Å². The van der Waals surface area contributed by atoms with Crippen molar-refractivity contribution in [2.75, 3.05) is 5.75 Å². The summed E-state index contributed by atoms with van der Waals surface area (Å²) in [6, 6.07) is 20.8. The number of hydrogen-bond donors (Lipinski definition) is 1. The standard InChI is InChI=1S/C22H18BrNO4S/c23-15-6-5-7-16(14-15)28-20-10-3-1-9-18(20)22(25)24-19-12-13-29(26,27)21-11-4-2-8-17(19)21/h1-11,14,19H,12-13H2,(H,24,25). The average Bonchev–Trinajstić information content (AvgIpc) is 2.71. The Morgan fingerprint density at radius 1 is 1.00 bits per heavy atom. The molecular formula is C22H18BrNO4S. The Morgan fingerprint density at radius 2 is 1.76 bits per heavy atom. The van der Waals surface area contributed by atoms with Crippen molar-refractivity contribution in [2.45, 2.75) is 17.4 Å². The van der Waals surface area contributed by atoms with Crippen LogP contribution < -0.4 is 10.1 Å². The van der Waals surface area contributed by atoms with Crippen molar-refractivity contribution in [3.63, 3.8) is 0 Å². The zero-order chi connectivity index (χ0) is 20.4. The Balaban J connectivity index is 1.60. The predicted octanol–water partition coefficient (Wildman–Crippen LogP) is 4.89. The van der Waals surface area contributed by atoms with Gasteiger partial charge in [-0.25, -0.2) is 8.42 Å². The number of carbonyl (C=O) groups excluding carboxylic acids is 1. The van der Waals surface area contributed by atoms with Gasteiger partial charge in [0.05, 0.1) is 22.3 Å². The molecule has 1 aliphatic rings. The number of benzene rings is 3. The zero-order valence-electron chi connectivity index (χ0n) is 15.3. The van der Waals surface area contributed by atoms with Crippen molar-refractivity contribution in [3.8, 4) is 11.5 Å². The lowest BCUT2D eigenvalue weighted by atomic mass is 10.0. The molecule has 3 aromatic carbocycles. The van der Waals surface area contributed by atoms with Gasteiger partial charge in [-0.3, -0.25) is 4.79 Å². The molecule has 0 aromatic heterocycles. The Hall–Kier alpha value is -2.64. The Bertz CT molecular complexity index is 1180. The van der Waals surface area contributed by atoms with E-state index >= 15 is 0 Å². The molecule has 1 aliphatic heterocycles. The van der Waals surface area contributed by atoms with E-state index in [0.29, 0.717) is 29.0 Å². The van der Waals surface area contributed by atoms with Gasteiger partial charge in [0.1, 0.15) is 11.5 Å². The van der Waals surface area contributed by atoms with Crippen molar-refractivity contribution in [1.29, 1.82) is 0 Å². The first kappa shape index (κ1) is 19.7. The van der Waals surface area contributed by atoms with Crippen LogP contribution in [0.25, 0.3) is 0 Å². The van der Waals surface area contributed by atoms with Gasteiger partial charge in [-0.2, -0.15) is 0 Å². The van der Waals surface area contributed by atoms with E-state index in [1.807, 2.05) is 24.3 Å². The number of amides is 1. The second kappa shape index (κ2) is 8.00. The normalized spacial score (nSPS) is 17.2. The third-order valence-electron chi connectivity index (χ3n) is 4.77. The van der Waals surface area contributed by atoms with Gasteiger partial charge in [-0.1, -0.05) is 52.3 Å². The summed E-state index contributed by atoms with van der Waals surface area (Å²) in [7, 11) is -3.31. The molecule has 0 bridgehead atoms. The van der Waals surface area contributed by atoms with Crippen LogP contribution in [0.3, 0.4) is 0 Å². The summed E-state index contributed by atoms with van der Waals surface area (Å²) in [6.45, 7) is 0. The Labute approximate surface area is 177 Å². The predicted molar refractivity (Wildman–Crippen MR) is 114 cm³/mol. The van der Waals surface area contributed by atoms with E-state index in [1.54, 1.807) is 48.5 Å². The Morgan fingerprint density at radius 3 is 2.59 bits per heavy atom. The molecule has 0 radical (unpaired) electrons. The summed E-state index contributed by atoms with van der Waals surface area (Å²) in [5, 5.41) is 2.97. The molecule has 29 heavy (non-hydrogen) atoms. The molecule has 1 amide bonds. The number of halogens is 1. The molecule has 0 spiro atoms. The van der Waals surface area contributed by atoms with Crippen LogP contribution in [0.15, 0.2) is 82.2 Å². The van der Waals surface area contributed by atoms with Gasteiger partial charge >= 0.3 is 0 Å². The van der Waals surface area contributed by atoms with Crippen molar-refractivity contribution >= 4 is 31.7 Å². The molecule has 1 heterocycles. The second-order valence-corrected chi connectivity index (χ2v) is 9.72. The number of rotatable bonds is 4. The van der Waals surface area contributed by atoms with Crippen LogP contribution in [0, 0.1) is 0 Å². The molecule has 0 saturated heterocycles. The zero-order valence-corrected chi connectivity index (χ0v) is 17.7. The molecule has 148 valence electrons. The maximum absolute atomic E-state index is 13.0. The molecule has 1 N–H and O–H groups in total. The summed E-state index contributed by atoms with van der Waals surface area (Å²) in [5.41, 5.74) is 1.01. The molecule has 1 unspecified atom stereocenters. The van der Waals surface area contributed by atoms with Gasteiger partial charge in [-0.05, 0) is 48.4 Å². The molecular weight excluding hydrogens is 454 g/mol. The average molecular weight is 472 g/mol. The topological polar surface area (TPSA) is 72.5 Å². The first-order valence-electron chi connectivity index (χ1n) is 9.09. The molecule has 7 heteroatoms. The monoisotopic (exact) mass is 471 g/mol. The molecule has 4 rings (SSSR count). The van der Waals surface area contributed by atoms with Gasteiger partial charge < -0.3 is 10.1 Å². The molecule has 0 aliphatic carbocycles. The van der Waals surface area contributed by atoms with E-state index in [2.05, 4.69) is 21.2 Å². The van der Waals surface area contributed by atoms with E-state index in [9.17, 15) is 13.2 Å². The van der Waals surface area contributed by atoms with Crippen LogP contribution in [-0.2, 0) is 9.84 Å². The third-order valence-corrected chi connectivity index (χ3v) is 7.07. The van der Waals surface area contributed by atoms with E-state index in [0.717, 1.165) is 4.47 Å². The molecule has 5 nitrogen and oxygen atoms in total. The van der Waals surface area contributed by atoms with Crippen LogP contribution in [0.2, 0.25) is 0 Å². The largest absolute Gasteiger partial charge is 0.456 e. The minimum Gasteiger partial charge on any atom is -0.456 e. The lowest BCUT2D eigenvalue weighted by molar-refractivity contribution is 0.0932. The summed E-state index contributed by atoms with van der Waals surface area (Å²) >= 11 is 3.40. The van der Waals surface area contributed by atoms with E-state index < -0.39 is 9.84 Å². The highest BCUT2D eigenvalue weighted by molar-refractivity contribution is 9.10. The highest BCUT2D eigenvalue weighted by Gasteiger charge is 2.31. The van der Waals surface area contributed by atoms with E-state index in [4.69, 9.17) is 4.74 Å². The molecule has 1 atom stereocenters. The lowest BCUT2D eigenvalue weighted by Gasteiger charge is -2.26. The third kappa shape index (κ3) is 4.21. The smallest absolute Gasteiger partial charge is 0.255 e. The fourth-order valence-electron chi connectivity index (χ4n) is 3.38. The number of hydrogen-bond acceptors (Lipinski definition) is 4. The minimum absolute atomic E-state index is 0.00511. The quantitative estimate of drug-likeness (QED) is 0.587. The molecule has 3 aromatic rings. The van der Waals surface area contributed by atoms with Crippen molar-refractivity contribution in [2.24, 2.45) is 0 Å². The van der Waals surface area contributed by atoms with E-state index in [-0.39, 0.29) is 22.6 Å². The minimum atomic E-state index is -3.31. The number of para-hydroxylation sites is 1. The molecule has 0 saturated carbocycles. The first-order valence-corrected chi connectivity index (χ1v) is 11.5. The van der Waals surface area contributed by atoms with Crippen LogP contribution in [0.1, 0.15) is 28.4 Å². The van der Waals surface area contributed by atoms with Gasteiger partial charge in [0.15, 0.2) is 9.84 Å². The first-order chi connectivity index (χ1) is 13.9. The van der Waals surface area contributed by atoms with Crippen LogP contribution >= 0.6 is 15.9 Å². The van der Waals surface area contributed by atoms with Gasteiger partial charge in [0.2, 0.25) is 0 Å². The van der Waals surface area contributed by atoms with Crippen molar-refractivity contribution in [1.82, 2.24) is 5.32 Å². The summed E-state index contributed by atoms with van der Waals surface area (Å²) < 4.78 is 31.4.